The fourth-order valence-corrected chi connectivity index (χ4v) is 2.68. The molecule has 1 aromatic heterocycles. The summed E-state index contributed by atoms with van der Waals surface area (Å²) in [6, 6.07) is 8.27. The van der Waals surface area contributed by atoms with Crippen LogP contribution in [0.2, 0.25) is 0 Å². The molecule has 2 atom stereocenters. The molecule has 2 aromatic rings. The van der Waals surface area contributed by atoms with Crippen molar-refractivity contribution < 1.29 is 4.74 Å². The molecular weight excluding hydrogens is 224 g/mol. The van der Waals surface area contributed by atoms with Crippen molar-refractivity contribution in [2.24, 2.45) is 5.73 Å². The number of hydrogen-bond acceptors (Lipinski definition) is 3. The van der Waals surface area contributed by atoms with Crippen LogP contribution in [0.1, 0.15) is 30.9 Å². The number of nitrogens with two attached hydrogens (primary N) is 1. The fourth-order valence-electron chi connectivity index (χ4n) is 2.68. The third-order valence-electron chi connectivity index (χ3n) is 3.64. The molecule has 1 aliphatic rings. The first-order valence-electron chi connectivity index (χ1n) is 6.54. The lowest BCUT2D eigenvalue weighted by atomic mass is 9.97. The number of aromatic nitrogens is 1. The Morgan fingerprint density at radius 1 is 1.33 bits per heavy atom. The van der Waals surface area contributed by atoms with Gasteiger partial charge in [-0.1, -0.05) is 24.3 Å². The Bertz CT molecular complexity index is 530. The summed E-state index contributed by atoms with van der Waals surface area (Å²) in [5.74, 6) is 0. The Morgan fingerprint density at radius 2 is 2.22 bits per heavy atom. The summed E-state index contributed by atoms with van der Waals surface area (Å²) in [5, 5.41) is 2.36. The molecule has 1 aliphatic heterocycles. The van der Waals surface area contributed by atoms with Crippen LogP contribution in [-0.4, -0.2) is 17.7 Å². The molecule has 3 nitrogen and oxygen atoms in total. The van der Waals surface area contributed by atoms with E-state index in [-0.39, 0.29) is 6.04 Å². The average molecular weight is 242 g/mol. The lowest BCUT2D eigenvalue weighted by Gasteiger charge is -2.17. The molecule has 2 heterocycles. The standard InChI is InChI=1S/C15H18N2O/c16-15(8-12-5-3-7-18-12)14-10-17-9-11-4-1-2-6-13(11)14/h1-2,4,6,9-10,12,15H,3,5,7-8,16H2. The number of hydrogen-bond donors (Lipinski definition) is 1. The summed E-state index contributed by atoms with van der Waals surface area (Å²) in [6.07, 6.45) is 7.27. The van der Waals surface area contributed by atoms with Gasteiger partial charge >= 0.3 is 0 Å². The molecule has 1 fully saturated rings. The van der Waals surface area contributed by atoms with Gasteiger partial charge in [-0.15, -0.1) is 0 Å². The number of fused-ring (bicyclic) bond motifs is 1. The van der Waals surface area contributed by atoms with Crippen LogP contribution in [0.25, 0.3) is 10.8 Å². The first-order chi connectivity index (χ1) is 8.84. The number of ether oxygens (including phenoxy) is 1. The first-order valence-corrected chi connectivity index (χ1v) is 6.54. The minimum atomic E-state index is 0.00620. The SMILES string of the molecule is NC(CC1CCCO1)c1cncc2ccccc12. The molecule has 0 aliphatic carbocycles. The minimum absolute atomic E-state index is 0.00620. The molecular formula is C15H18N2O. The van der Waals surface area contributed by atoms with Crippen LogP contribution in [0, 0.1) is 0 Å². The van der Waals surface area contributed by atoms with E-state index in [1.165, 1.54) is 5.39 Å². The van der Waals surface area contributed by atoms with E-state index in [0.717, 1.165) is 36.8 Å². The second-order valence-electron chi connectivity index (χ2n) is 4.93. The lowest BCUT2D eigenvalue weighted by Crippen LogP contribution is -2.18. The maximum atomic E-state index is 6.32. The first kappa shape index (κ1) is 11.6. The molecule has 18 heavy (non-hydrogen) atoms. The molecule has 3 heteroatoms. The van der Waals surface area contributed by atoms with Crippen molar-refractivity contribution in [2.45, 2.75) is 31.4 Å². The second-order valence-corrected chi connectivity index (χ2v) is 4.93. The summed E-state index contributed by atoms with van der Waals surface area (Å²) in [4.78, 5) is 4.29. The Morgan fingerprint density at radius 3 is 3.06 bits per heavy atom. The zero-order chi connectivity index (χ0) is 12.4. The molecule has 2 N–H and O–H groups in total. The van der Waals surface area contributed by atoms with Crippen molar-refractivity contribution in [3.8, 4) is 0 Å². The van der Waals surface area contributed by atoms with Gasteiger partial charge in [-0.25, -0.2) is 0 Å². The molecule has 1 saturated heterocycles. The predicted octanol–water partition coefficient (Wildman–Crippen LogP) is 2.80. The van der Waals surface area contributed by atoms with E-state index in [1.54, 1.807) is 0 Å². The van der Waals surface area contributed by atoms with E-state index in [2.05, 4.69) is 17.1 Å². The summed E-state index contributed by atoms with van der Waals surface area (Å²) in [7, 11) is 0. The molecule has 2 unspecified atom stereocenters. The van der Waals surface area contributed by atoms with Gasteiger partial charge in [0.15, 0.2) is 0 Å². The second kappa shape index (κ2) is 5.04. The Labute approximate surface area is 107 Å². The highest BCUT2D eigenvalue weighted by molar-refractivity contribution is 5.85. The minimum Gasteiger partial charge on any atom is -0.378 e. The maximum absolute atomic E-state index is 6.32. The highest BCUT2D eigenvalue weighted by Crippen LogP contribution is 2.27. The summed E-state index contributed by atoms with van der Waals surface area (Å²) >= 11 is 0. The molecule has 1 aromatic carbocycles. The molecule has 94 valence electrons. The van der Waals surface area contributed by atoms with Crippen LogP contribution < -0.4 is 5.73 Å². The van der Waals surface area contributed by atoms with Gasteiger partial charge < -0.3 is 10.5 Å². The van der Waals surface area contributed by atoms with E-state index in [4.69, 9.17) is 10.5 Å². The van der Waals surface area contributed by atoms with Crippen LogP contribution in [0.15, 0.2) is 36.7 Å². The van der Waals surface area contributed by atoms with Gasteiger partial charge in [0.2, 0.25) is 0 Å². The third kappa shape index (κ3) is 2.24. The van der Waals surface area contributed by atoms with Gasteiger partial charge in [-0.2, -0.15) is 0 Å². The van der Waals surface area contributed by atoms with E-state index < -0.39 is 0 Å². The smallest absolute Gasteiger partial charge is 0.0594 e. The van der Waals surface area contributed by atoms with Gasteiger partial charge in [0.1, 0.15) is 0 Å². The zero-order valence-corrected chi connectivity index (χ0v) is 10.4. The Kier molecular flexibility index (Phi) is 3.26. The maximum Gasteiger partial charge on any atom is 0.0594 e. The van der Waals surface area contributed by atoms with Gasteiger partial charge in [0, 0.05) is 30.4 Å². The molecule has 0 saturated carbocycles. The predicted molar refractivity (Wildman–Crippen MR) is 72.3 cm³/mol. The third-order valence-corrected chi connectivity index (χ3v) is 3.64. The van der Waals surface area contributed by atoms with Gasteiger partial charge in [0.05, 0.1) is 6.10 Å². The van der Waals surface area contributed by atoms with Crippen LogP contribution in [0.3, 0.4) is 0 Å². The normalized spacial score (nSPS) is 21.3. The molecule has 0 radical (unpaired) electrons. The molecule has 3 rings (SSSR count). The van der Waals surface area contributed by atoms with Crippen molar-refractivity contribution >= 4 is 10.8 Å². The summed E-state index contributed by atoms with van der Waals surface area (Å²) in [5.41, 5.74) is 7.45. The highest BCUT2D eigenvalue weighted by atomic mass is 16.5. The number of rotatable bonds is 3. The summed E-state index contributed by atoms with van der Waals surface area (Å²) in [6.45, 7) is 0.880. The quantitative estimate of drug-likeness (QED) is 0.900. The zero-order valence-electron chi connectivity index (χ0n) is 10.4. The van der Waals surface area contributed by atoms with Crippen molar-refractivity contribution in [1.82, 2.24) is 4.98 Å². The largest absolute Gasteiger partial charge is 0.378 e. The molecule has 0 amide bonds. The van der Waals surface area contributed by atoms with E-state index >= 15 is 0 Å². The van der Waals surface area contributed by atoms with Crippen LogP contribution >= 0.6 is 0 Å². The van der Waals surface area contributed by atoms with Crippen molar-refractivity contribution in [2.75, 3.05) is 6.61 Å². The molecule has 0 bridgehead atoms. The lowest BCUT2D eigenvalue weighted by molar-refractivity contribution is 0.0984. The van der Waals surface area contributed by atoms with Gasteiger partial charge in [0.25, 0.3) is 0 Å². The topological polar surface area (TPSA) is 48.1 Å². The van der Waals surface area contributed by atoms with Crippen molar-refractivity contribution in [3.05, 3.63) is 42.2 Å². The fraction of sp³-hybridized carbons (Fsp3) is 0.400. The van der Waals surface area contributed by atoms with Gasteiger partial charge in [-0.05, 0) is 30.2 Å². The average Bonchev–Trinajstić information content (AvgIpc) is 2.91. The van der Waals surface area contributed by atoms with Gasteiger partial charge in [-0.3, -0.25) is 4.98 Å². The van der Waals surface area contributed by atoms with Crippen molar-refractivity contribution in [1.29, 1.82) is 0 Å². The Hall–Kier alpha value is -1.45. The van der Waals surface area contributed by atoms with Crippen LogP contribution in [0.5, 0.6) is 0 Å². The monoisotopic (exact) mass is 242 g/mol. The Balaban J connectivity index is 1.88. The summed E-state index contributed by atoms with van der Waals surface area (Å²) < 4.78 is 5.66. The van der Waals surface area contributed by atoms with Crippen LogP contribution in [0.4, 0.5) is 0 Å². The van der Waals surface area contributed by atoms with Crippen LogP contribution in [-0.2, 0) is 4.74 Å². The highest BCUT2D eigenvalue weighted by Gasteiger charge is 2.20. The van der Waals surface area contributed by atoms with E-state index in [9.17, 15) is 0 Å². The molecule has 0 spiro atoms. The van der Waals surface area contributed by atoms with E-state index in [1.807, 2.05) is 24.5 Å². The number of pyridine rings is 1. The van der Waals surface area contributed by atoms with Crippen molar-refractivity contribution in [3.63, 3.8) is 0 Å². The number of benzene rings is 1. The number of nitrogens with zero attached hydrogens (tertiary/aromatic N) is 1. The van der Waals surface area contributed by atoms with E-state index in [0.29, 0.717) is 6.10 Å².